The van der Waals surface area contributed by atoms with Gasteiger partial charge in [0.05, 0.1) is 41.2 Å². The van der Waals surface area contributed by atoms with Gasteiger partial charge < -0.3 is 14.2 Å². The number of rotatable bonds is 5. The van der Waals surface area contributed by atoms with Crippen LogP contribution in [0.4, 0.5) is 20.6 Å². The van der Waals surface area contributed by atoms with Gasteiger partial charge >= 0.3 is 6.09 Å². The minimum Gasteiger partial charge on any atom is -0.436 e. The van der Waals surface area contributed by atoms with E-state index in [1.165, 1.54) is 17.2 Å². The Morgan fingerprint density at radius 1 is 1.00 bits per heavy atom. The van der Waals surface area contributed by atoms with Crippen molar-refractivity contribution in [3.63, 3.8) is 0 Å². The van der Waals surface area contributed by atoms with Gasteiger partial charge in [-0.05, 0) is 46.9 Å². The topological polar surface area (TPSA) is 79.7 Å². The number of benzene rings is 2. The van der Waals surface area contributed by atoms with E-state index >= 15 is 4.39 Å². The predicted molar refractivity (Wildman–Crippen MR) is 158 cm³/mol. The SMILES string of the molecule is O=C1Nc2ccc(Cl)c(F)c2[C@]2(CCN(c3cncc4c3CCN(Cc3ccc(Cn5ccccc5=O)cc3)C4)C2)O1. The first-order valence-corrected chi connectivity index (χ1v) is 14.4. The summed E-state index contributed by atoms with van der Waals surface area (Å²) < 4.78 is 22.7. The summed E-state index contributed by atoms with van der Waals surface area (Å²) in [4.78, 5) is 33.6. The maximum absolute atomic E-state index is 15.3. The number of aromatic nitrogens is 2. The molecule has 0 saturated carbocycles. The molecule has 1 fully saturated rings. The van der Waals surface area contributed by atoms with Gasteiger partial charge in [-0.1, -0.05) is 41.9 Å². The van der Waals surface area contributed by atoms with Gasteiger partial charge in [0.25, 0.3) is 5.56 Å². The van der Waals surface area contributed by atoms with Crippen LogP contribution in [0.1, 0.15) is 34.2 Å². The van der Waals surface area contributed by atoms with Crippen molar-refractivity contribution in [3.8, 4) is 0 Å². The van der Waals surface area contributed by atoms with Crippen molar-refractivity contribution < 1.29 is 13.9 Å². The zero-order valence-corrected chi connectivity index (χ0v) is 23.6. The number of hydrogen-bond donors (Lipinski definition) is 1. The van der Waals surface area contributed by atoms with Gasteiger partial charge in [-0.3, -0.25) is 20.0 Å². The van der Waals surface area contributed by atoms with Crippen LogP contribution in [0.3, 0.4) is 0 Å². The Morgan fingerprint density at radius 2 is 1.81 bits per heavy atom. The molecule has 8 nitrogen and oxygen atoms in total. The molecule has 1 N–H and O–H groups in total. The van der Waals surface area contributed by atoms with Gasteiger partial charge in [0.15, 0.2) is 11.4 Å². The predicted octanol–water partition coefficient (Wildman–Crippen LogP) is 5.31. The fourth-order valence-electron chi connectivity index (χ4n) is 6.48. The standard InChI is InChI=1S/C32H29ClFN5O3/c33-25-8-9-26-29(30(25)34)32(42-31(41)36-26)11-14-39(20-32)27-16-35-15-23-19-37(13-10-24(23)27)17-21-4-6-22(7-5-21)18-38-12-2-1-3-28(38)40/h1-9,12,15-16H,10-11,13-14,17-20H2,(H,36,41)/t32-/m1/s1. The number of carbonyl (C=O) groups excluding carboxylic acids is 1. The van der Waals surface area contributed by atoms with E-state index in [1.807, 2.05) is 18.5 Å². The highest BCUT2D eigenvalue weighted by Crippen LogP contribution is 2.47. The Labute approximate surface area is 247 Å². The second-order valence-electron chi connectivity index (χ2n) is 11.2. The Hall–Kier alpha value is -4.21. The fraction of sp³-hybridized carbons (Fsp3) is 0.281. The molecular formula is C32H29ClFN5O3. The minimum absolute atomic E-state index is 0.00601. The molecular weight excluding hydrogens is 557 g/mol. The van der Waals surface area contributed by atoms with Crippen LogP contribution in [0.25, 0.3) is 0 Å². The zero-order chi connectivity index (χ0) is 28.8. The third kappa shape index (κ3) is 4.82. The normalized spacial score (nSPS) is 19.8. The van der Waals surface area contributed by atoms with Crippen molar-refractivity contribution in [2.45, 2.75) is 38.1 Å². The van der Waals surface area contributed by atoms with Crippen molar-refractivity contribution in [2.75, 3.05) is 29.9 Å². The number of ether oxygens (including phenoxy) is 1. The number of nitrogens with one attached hydrogen (secondary N) is 1. The first kappa shape index (κ1) is 26.7. The van der Waals surface area contributed by atoms with Crippen LogP contribution in [-0.4, -0.2) is 40.2 Å². The Bertz CT molecular complexity index is 1740. The van der Waals surface area contributed by atoms with Crippen molar-refractivity contribution in [2.24, 2.45) is 0 Å². The molecule has 214 valence electrons. The largest absolute Gasteiger partial charge is 0.436 e. The molecule has 10 heteroatoms. The van der Waals surface area contributed by atoms with Gasteiger partial charge in [-0.2, -0.15) is 0 Å². The third-order valence-corrected chi connectivity index (χ3v) is 8.82. The number of fused-ring (bicyclic) bond motifs is 3. The quantitative estimate of drug-likeness (QED) is 0.342. The molecule has 0 aliphatic carbocycles. The number of amides is 1. The highest BCUT2D eigenvalue weighted by Gasteiger charge is 2.50. The summed E-state index contributed by atoms with van der Waals surface area (Å²) in [6.45, 7) is 3.93. The lowest BCUT2D eigenvalue weighted by atomic mass is 9.89. The molecule has 0 radical (unpaired) electrons. The number of anilines is 2. The van der Waals surface area contributed by atoms with Gasteiger partial charge in [-0.25, -0.2) is 9.18 Å². The van der Waals surface area contributed by atoms with E-state index in [0.717, 1.165) is 42.9 Å². The monoisotopic (exact) mass is 585 g/mol. The molecule has 42 heavy (non-hydrogen) atoms. The molecule has 3 aliphatic heterocycles. The van der Waals surface area contributed by atoms with Crippen molar-refractivity contribution in [3.05, 3.63) is 122 Å². The maximum Gasteiger partial charge on any atom is 0.412 e. The van der Waals surface area contributed by atoms with Gasteiger partial charge in [0.2, 0.25) is 0 Å². The van der Waals surface area contributed by atoms with Crippen LogP contribution in [-0.2, 0) is 36.4 Å². The second kappa shape index (κ2) is 10.6. The fourth-order valence-corrected chi connectivity index (χ4v) is 6.63. The summed E-state index contributed by atoms with van der Waals surface area (Å²) in [5, 5.41) is 2.62. The van der Waals surface area contributed by atoms with Gasteiger partial charge in [-0.15, -0.1) is 0 Å². The molecule has 4 aromatic rings. The van der Waals surface area contributed by atoms with E-state index in [1.54, 1.807) is 29.0 Å². The summed E-state index contributed by atoms with van der Waals surface area (Å²) in [5.74, 6) is -0.554. The lowest BCUT2D eigenvalue weighted by molar-refractivity contribution is 0.0264. The van der Waals surface area contributed by atoms with E-state index in [2.05, 4.69) is 44.4 Å². The van der Waals surface area contributed by atoms with Gasteiger partial charge in [0, 0.05) is 51.1 Å². The zero-order valence-electron chi connectivity index (χ0n) is 22.9. The van der Waals surface area contributed by atoms with Crippen molar-refractivity contribution in [1.29, 1.82) is 0 Å². The van der Waals surface area contributed by atoms with E-state index in [9.17, 15) is 9.59 Å². The first-order valence-electron chi connectivity index (χ1n) is 14.0. The molecule has 3 aliphatic rings. The van der Waals surface area contributed by atoms with Crippen LogP contribution in [0.2, 0.25) is 5.02 Å². The van der Waals surface area contributed by atoms with Crippen LogP contribution in [0.15, 0.2) is 78.0 Å². The highest BCUT2D eigenvalue weighted by molar-refractivity contribution is 6.31. The molecule has 7 rings (SSSR count). The molecule has 1 spiro atoms. The number of halogens is 2. The average Bonchev–Trinajstić information content (AvgIpc) is 3.40. The Balaban J connectivity index is 1.06. The Morgan fingerprint density at radius 3 is 2.62 bits per heavy atom. The summed E-state index contributed by atoms with van der Waals surface area (Å²) in [5.41, 5.74) is 5.27. The average molecular weight is 586 g/mol. The van der Waals surface area contributed by atoms with Crippen LogP contribution < -0.4 is 15.8 Å². The third-order valence-electron chi connectivity index (χ3n) is 8.52. The van der Waals surface area contributed by atoms with Crippen LogP contribution in [0.5, 0.6) is 0 Å². The molecule has 0 unspecified atom stereocenters. The maximum atomic E-state index is 15.3. The van der Waals surface area contributed by atoms with E-state index < -0.39 is 17.5 Å². The highest BCUT2D eigenvalue weighted by atomic mass is 35.5. The van der Waals surface area contributed by atoms with Crippen LogP contribution in [0, 0.1) is 5.82 Å². The minimum atomic E-state index is -1.11. The van der Waals surface area contributed by atoms with Crippen molar-refractivity contribution >= 4 is 29.1 Å². The molecule has 2 aromatic carbocycles. The molecule has 0 bridgehead atoms. The van der Waals surface area contributed by atoms with Gasteiger partial charge in [0.1, 0.15) is 0 Å². The second-order valence-corrected chi connectivity index (χ2v) is 11.6. The molecule has 1 atom stereocenters. The van der Waals surface area contributed by atoms with Crippen LogP contribution >= 0.6 is 11.6 Å². The van der Waals surface area contributed by atoms with Crippen molar-refractivity contribution in [1.82, 2.24) is 14.5 Å². The number of hydrogen-bond acceptors (Lipinski definition) is 6. The molecule has 1 amide bonds. The van der Waals surface area contributed by atoms with E-state index in [0.29, 0.717) is 37.3 Å². The summed E-state index contributed by atoms with van der Waals surface area (Å²) >= 11 is 6.13. The number of nitrogens with zero attached hydrogens (tertiary/aromatic N) is 4. The summed E-state index contributed by atoms with van der Waals surface area (Å²) in [6.07, 6.45) is 6.31. The van der Waals surface area contributed by atoms with E-state index in [4.69, 9.17) is 16.3 Å². The Kier molecular flexibility index (Phi) is 6.71. The lowest BCUT2D eigenvalue weighted by Crippen LogP contribution is -2.43. The summed E-state index contributed by atoms with van der Waals surface area (Å²) in [7, 11) is 0. The molecule has 5 heterocycles. The first-order chi connectivity index (χ1) is 20.4. The summed E-state index contributed by atoms with van der Waals surface area (Å²) in [6, 6.07) is 16.7. The number of carbonyl (C=O) groups is 1. The molecule has 2 aromatic heterocycles. The molecule has 1 saturated heterocycles. The smallest absolute Gasteiger partial charge is 0.412 e. The lowest BCUT2D eigenvalue weighted by Gasteiger charge is -2.36. The number of pyridine rings is 2. The van der Waals surface area contributed by atoms with E-state index in [-0.39, 0.29) is 10.6 Å².